The van der Waals surface area contributed by atoms with Gasteiger partial charge in [-0.1, -0.05) is 59.5 Å². The second-order valence-electron chi connectivity index (χ2n) is 6.80. The summed E-state index contributed by atoms with van der Waals surface area (Å²) in [6.45, 7) is 1.84. The molecule has 0 saturated carbocycles. The predicted molar refractivity (Wildman–Crippen MR) is 127 cm³/mol. The summed E-state index contributed by atoms with van der Waals surface area (Å²) in [6, 6.07) is 21.7. The molecular formula is C23H18FN3OS3. The number of carbonyl (C=O) groups is 1. The van der Waals surface area contributed by atoms with Crippen molar-refractivity contribution in [2.75, 3.05) is 5.32 Å². The molecule has 4 rings (SSSR count). The normalized spacial score (nSPS) is 10.8. The van der Waals surface area contributed by atoms with Gasteiger partial charge in [0.1, 0.15) is 5.82 Å². The number of nitrogens with zero attached hydrogens (tertiary/aromatic N) is 2. The van der Waals surface area contributed by atoms with Crippen LogP contribution in [-0.4, -0.2) is 15.7 Å². The number of carbonyl (C=O) groups excluding carboxylic acids is 1. The minimum atomic E-state index is -0.468. The zero-order chi connectivity index (χ0) is 21.8. The molecule has 31 heavy (non-hydrogen) atoms. The molecule has 0 aliphatic rings. The Morgan fingerprint density at radius 3 is 2.61 bits per heavy atom. The molecule has 0 unspecified atom stereocenters. The van der Waals surface area contributed by atoms with Gasteiger partial charge >= 0.3 is 0 Å². The molecule has 0 aliphatic carbocycles. The Balaban J connectivity index is 1.46. The van der Waals surface area contributed by atoms with E-state index >= 15 is 0 Å². The van der Waals surface area contributed by atoms with Gasteiger partial charge in [0, 0.05) is 11.3 Å². The molecule has 0 bridgehead atoms. The standard InChI is InChI=1S/C23H18FN3OS3/c1-15-7-12-19(24)20(13-15)25-21(28)17-8-10-18(11-9-17)27-23(29)31-22(26-27)30-14-16-5-3-2-4-6-16/h2-13H,14H2,1H3,(H,25,28). The van der Waals surface area contributed by atoms with E-state index in [0.717, 1.165) is 21.3 Å². The Morgan fingerprint density at radius 2 is 1.87 bits per heavy atom. The van der Waals surface area contributed by atoms with Crippen molar-refractivity contribution in [3.05, 3.63) is 99.3 Å². The van der Waals surface area contributed by atoms with Crippen molar-refractivity contribution in [3.63, 3.8) is 0 Å². The molecule has 0 radical (unpaired) electrons. The summed E-state index contributed by atoms with van der Waals surface area (Å²) in [5.41, 5.74) is 3.44. The summed E-state index contributed by atoms with van der Waals surface area (Å²) in [5.74, 6) is -0.0282. The molecule has 4 nitrogen and oxygen atoms in total. The van der Waals surface area contributed by atoms with E-state index in [-0.39, 0.29) is 11.6 Å². The first-order valence-corrected chi connectivity index (χ1v) is 11.7. The molecule has 3 aromatic carbocycles. The monoisotopic (exact) mass is 467 g/mol. The number of aryl methyl sites for hydroxylation is 1. The molecule has 1 N–H and O–H groups in total. The van der Waals surface area contributed by atoms with Gasteiger partial charge in [-0.05, 0) is 66.7 Å². The predicted octanol–water partition coefficient (Wildman–Crippen LogP) is 6.66. The van der Waals surface area contributed by atoms with Crippen LogP contribution in [0.3, 0.4) is 0 Å². The van der Waals surface area contributed by atoms with E-state index in [1.54, 1.807) is 52.8 Å². The molecule has 0 fully saturated rings. The van der Waals surface area contributed by atoms with Crippen LogP contribution in [0.1, 0.15) is 21.5 Å². The van der Waals surface area contributed by atoms with Crippen LogP contribution in [0, 0.1) is 16.7 Å². The number of thioether (sulfide) groups is 1. The SMILES string of the molecule is Cc1ccc(F)c(NC(=O)c2ccc(-n3nc(SCc4ccccc4)sc3=S)cc2)c1. The summed E-state index contributed by atoms with van der Waals surface area (Å²) in [6.07, 6.45) is 0. The summed E-state index contributed by atoms with van der Waals surface area (Å²) in [5, 5.41) is 7.22. The second kappa shape index (κ2) is 9.55. The lowest BCUT2D eigenvalue weighted by atomic mass is 10.1. The van der Waals surface area contributed by atoms with Crippen LogP contribution < -0.4 is 5.32 Å². The fourth-order valence-electron chi connectivity index (χ4n) is 2.88. The molecule has 0 aliphatic heterocycles. The number of aromatic nitrogens is 2. The molecule has 156 valence electrons. The number of nitrogens with one attached hydrogen (secondary N) is 1. The lowest BCUT2D eigenvalue weighted by Gasteiger charge is -2.08. The highest BCUT2D eigenvalue weighted by atomic mass is 32.2. The first-order chi connectivity index (χ1) is 15.0. The van der Waals surface area contributed by atoms with E-state index in [1.165, 1.54) is 23.0 Å². The molecule has 0 saturated heterocycles. The molecule has 8 heteroatoms. The van der Waals surface area contributed by atoms with E-state index < -0.39 is 5.82 Å². The summed E-state index contributed by atoms with van der Waals surface area (Å²) in [7, 11) is 0. The van der Waals surface area contributed by atoms with E-state index in [1.807, 2.05) is 25.1 Å². The number of rotatable bonds is 6. The van der Waals surface area contributed by atoms with Gasteiger partial charge in [-0.25, -0.2) is 9.07 Å². The maximum absolute atomic E-state index is 13.9. The molecule has 1 amide bonds. The van der Waals surface area contributed by atoms with E-state index in [9.17, 15) is 9.18 Å². The van der Waals surface area contributed by atoms with E-state index in [4.69, 9.17) is 12.2 Å². The number of anilines is 1. The highest BCUT2D eigenvalue weighted by Crippen LogP contribution is 2.27. The first-order valence-electron chi connectivity index (χ1n) is 9.44. The van der Waals surface area contributed by atoms with Gasteiger partial charge in [-0.15, -0.1) is 5.10 Å². The Hall–Kier alpha value is -2.81. The van der Waals surface area contributed by atoms with Crippen molar-refractivity contribution < 1.29 is 9.18 Å². The number of hydrogen-bond donors (Lipinski definition) is 1. The van der Waals surface area contributed by atoms with Crippen molar-refractivity contribution >= 4 is 46.9 Å². The second-order valence-corrected chi connectivity index (χ2v) is 9.65. The average Bonchev–Trinajstić information content (AvgIpc) is 3.16. The average molecular weight is 468 g/mol. The fraction of sp³-hybridized carbons (Fsp3) is 0.0870. The van der Waals surface area contributed by atoms with Crippen LogP contribution in [0.15, 0.2) is 77.1 Å². The number of halogens is 1. The van der Waals surface area contributed by atoms with Crippen LogP contribution in [-0.2, 0) is 5.75 Å². The third-order valence-corrected chi connectivity index (χ3v) is 6.92. The molecule has 4 aromatic rings. The highest BCUT2D eigenvalue weighted by Gasteiger charge is 2.11. The zero-order valence-corrected chi connectivity index (χ0v) is 19.0. The van der Waals surface area contributed by atoms with Gasteiger partial charge in [0.25, 0.3) is 5.91 Å². The van der Waals surface area contributed by atoms with Crippen LogP contribution in [0.25, 0.3) is 5.69 Å². The van der Waals surface area contributed by atoms with E-state index in [2.05, 4.69) is 22.5 Å². The highest BCUT2D eigenvalue weighted by molar-refractivity contribution is 8.00. The van der Waals surface area contributed by atoms with Gasteiger partial charge in [0.2, 0.25) is 0 Å². The Kier molecular flexibility index (Phi) is 6.60. The van der Waals surface area contributed by atoms with Crippen LogP contribution in [0.5, 0.6) is 0 Å². The van der Waals surface area contributed by atoms with Gasteiger partial charge in [-0.3, -0.25) is 4.79 Å². The van der Waals surface area contributed by atoms with Gasteiger partial charge in [-0.2, -0.15) is 0 Å². The minimum absolute atomic E-state index is 0.163. The topological polar surface area (TPSA) is 46.9 Å². The number of hydrogen-bond acceptors (Lipinski definition) is 5. The number of amides is 1. The third kappa shape index (κ3) is 5.28. The van der Waals surface area contributed by atoms with Crippen LogP contribution >= 0.6 is 35.3 Å². The van der Waals surface area contributed by atoms with Gasteiger partial charge in [0.05, 0.1) is 11.4 Å². The smallest absolute Gasteiger partial charge is 0.255 e. The molecule has 0 atom stereocenters. The van der Waals surface area contributed by atoms with Crippen molar-refractivity contribution in [1.82, 2.24) is 9.78 Å². The molecule has 1 aromatic heterocycles. The fourth-order valence-corrected chi connectivity index (χ4v) is 5.20. The molecule has 1 heterocycles. The van der Waals surface area contributed by atoms with E-state index in [0.29, 0.717) is 9.52 Å². The summed E-state index contributed by atoms with van der Waals surface area (Å²) >= 11 is 8.56. The molecular weight excluding hydrogens is 449 g/mol. The Bertz CT molecular complexity index is 1270. The summed E-state index contributed by atoms with van der Waals surface area (Å²) < 4.78 is 17.1. The van der Waals surface area contributed by atoms with Crippen LogP contribution in [0.2, 0.25) is 0 Å². The number of benzene rings is 3. The third-order valence-electron chi connectivity index (χ3n) is 4.48. The van der Waals surface area contributed by atoms with Crippen molar-refractivity contribution in [3.8, 4) is 5.69 Å². The van der Waals surface area contributed by atoms with Crippen molar-refractivity contribution in [1.29, 1.82) is 0 Å². The molecule has 0 spiro atoms. The Labute approximate surface area is 192 Å². The van der Waals surface area contributed by atoms with Crippen molar-refractivity contribution in [2.24, 2.45) is 0 Å². The maximum Gasteiger partial charge on any atom is 0.255 e. The van der Waals surface area contributed by atoms with Gasteiger partial charge in [0.15, 0.2) is 8.29 Å². The summed E-state index contributed by atoms with van der Waals surface area (Å²) in [4.78, 5) is 12.5. The quantitative estimate of drug-likeness (QED) is 0.255. The maximum atomic E-state index is 13.9. The van der Waals surface area contributed by atoms with Gasteiger partial charge < -0.3 is 5.32 Å². The largest absolute Gasteiger partial charge is 0.319 e. The zero-order valence-electron chi connectivity index (χ0n) is 16.5. The minimum Gasteiger partial charge on any atom is -0.319 e. The van der Waals surface area contributed by atoms with Crippen LogP contribution in [0.4, 0.5) is 10.1 Å². The first kappa shape index (κ1) is 21.4. The lowest BCUT2D eigenvalue weighted by molar-refractivity contribution is 0.102. The Morgan fingerprint density at radius 1 is 1.13 bits per heavy atom. The van der Waals surface area contributed by atoms with Crippen molar-refractivity contribution in [2.45, 2.75) is 17.0 Å². The lowest BCUT2D eigenvalue weighted by Crippen LogP contribution is -2.13.